The predicted octanol–water partition coefficient (Wildman–Crippen LogP) is 3.64. The fourth-order valence-electron chi connectivity index (χ4n) is 3.30. The number of unbranched alkanes of at least 4 members (excludes halogenated alkanes) is 1. The number of amides is 2. The van der Waals surface area contributed by atoms with Crippen LogP contribution in [0.2, 0.25) is 0 Å². The molecule has 1 heterocycles. The van der Waals surface area contributed by atoms with Crippen LogP contribution in [0.15, 0.2) is 48.5 Å². The Morgan fingerprint density at radius 1 is 1.13 bits per heavy atom. The van der Waals surface area contributed by atoms with Crippen molar-refractivity contribution in [3.05, 3.63) is 54.1 Å². The number of carbonyl (C=O) groups is 3. The van der Waals surface area contributed by atoms with E-state index in [1.165, 1.54) is 0 Å². The molecule has 7 heteroatoms. The van der Waals surface area contributed by atoms with Crippen molar-refractivity contribution in [1.82, 2.24) is 0 Å². The van der Waals surface area contributed by atoms with Gasteiger partial charge in [-0.05, 0) is 42.8 Å². The van der Waals surface area contributed by atoms with E-state index in [9.17, 15) is 14.4 Å². The quantitative estimate of drug-likeness (QED) is 0.530. The van der Waals surface area contributed by atoms with Crippen LogP contribution in [-0.4, -0.2) is 38.0 Å². The lowest BCUT2D eigenvalue weighted by Gasteiger charge is -2.19. The summed E-state index contributed by atoms with van der Waals surface area (Å²) in [6.07, 6.45) is 1.91. The SMILES string of the molecule is CCCCOC(=O)c1ccc(NC(=O)[C@H]2CC(=O)N(c3ccccc3OC)C2)cc1. The molecule has 1 N–H and O–H groups in total. The van der Waals surface area contributed by atoms with E-state index in [0.29, 0.717) is 29.3 Å². The molecule has 158 valence electrons. The van der Waals surface area contributed by atoms with Crippen LogP contribution in [0, 0.1) is 5.92 Å². The van der Waals surface area contributed by atoms with Gasteiger partial charge in [0.25, 0.3) is 0 Å². The van der Waals surface area contributed by atoms with Crippen LogP contribution < -0.4 is 15.0 Å². The first-order valence-electron chi connectivity index (χ1n) is 10.0. The molecule has 0 aromatic heterocycles. The Morgan fingerprint density at radius 2 is 1.87 bits per heavy atom. The molecule has 2 aromatic carbocycles. The zero-order valence-corrected chi connectivity index (χ0v) is 17.2. The molecule has 0 unspecified atom stereocenters. The standard InChI is InChI=1S/C23H26N2O5/c1-3-4-13-30-23(28)16-9-11-18(12-10-16)24-22(27)17-14-21(26)25(15-17)19-7-5-6-8-20(19)29-2/h5-12,17H,3-4,13-15H2,1-2H3,(H,24,27)/t17-/m0/s1. The van der Waals surface area contributed by atoms with Crippen molar-refractivity contribution < 1.29 is 23.9 Å². The van der Waals surface area contributed by atoms with Gasteiger partial charge in [-0.25, -0.2) is 4.79 Å². The molecule has 1 atom stereocenters. The summed E-state index contributed by atoms with van der Waals surface area (Å²) in [4.78, 5) is 38.7. The lowest BCUT2D eigenvalue weighted by molar-refractivity contribution is -0.122. The highest BCUT2D eigenvalue weighted by Gasteiger charge is 2.36. The molecule has 7 nitrogen and oxygen atoms in total. The highest BCUT2D eigenvalue weighted by molar-refractivity contribution is 6.04. The Balaban J connectivity index is 1.60. The summed E-state index contributed by atoms with van der Waals surface area (Å²) in [5, 5.41) is 2.82. The summed E-state index contributed by atoms with van der Waals surface area (Å²) >= 11 is 0. The van der Waals surface area contributed by atoms with E-state index in [1.54, 1.807) is 48.4 Å². The number of hydrogen-bond acceptors (Lipinski definition) is 5. The van der Waals surface area contributed by atoms with Crippen LogP contribution in [0.25, 0.3) is 0 Å². The average molecular weight is 410 g/mol. The first-order chi connectivity index (χ1) is 14.5. The number of rotatable bonds is 8. The maximum absolute atomic E-state index is 12.7. The molecule has 0 bridgehead atoms. The number of anilines is 2. The average Bonchev–Trinajstić information content (AvgIpc) is 3.16. The Morgan fingerprint density at radius 3 is 2.57 bits per heavy atom. The van der Waals surface area contributed by atoms with Gasteiger partial charge >= 0.3 is 5.97 Å². The second-order valence-corrected chi connectivity index (χ2v) is 7.13. The smallest absolute Gasteiger partial charge is 0.338 e. The molecule has 1 aliphatic heterocycles. The fourth-order valence-corrected chi connectivity index (χ4v) is 3.30. The molecule has 0 spiro atoms. The van der Waals surface area contributed by atoms with Gasteiger partial charge in [0.2, 0.25) is 11.8 Å². The Bertz CT molecular complexity index is 910. The van der Waals surface area contributed by atoms with Gasteiger partial charge in [-0.2, -0.15) is 0 Å². The van der Waals surface area contributed by atoms with Crippen molar-refractivity contribution in [3.8, 4) is 5.75 Å². The molecule has 1 aliphatic rings. The third kappa shape index (κ3) is 4.97. The largest absolute Gasteiger partial charge is 0.495 e. The molecular formula is C23H26N2O5. The van der Waals surface area contributed by atoms with Crippen LogP contribution in [0.5, 0.6) is 5.75 Å². The molecule has 2 aromatic rings. The van der Waals surface area contributed by atoms with Gasteiger partial charge in [0.1, 0.15) is 5.75 Å². The zero-order valence-electron chi connectivity index (χ0n) is 17.2. The van der Waals surface area contributed by atoms with E-state index in [2.05, 4.69) is 5.32 Å². The van der Waals surface area contributed by atoms with Gasteiger partial charge < -0.3 is 19.7 Å². The number of nitrogens with zero attached hydrogens (tertiary/aromatic N) is 1. The van der Waals surface area contributed by atoms with E-state index < -0.39 is 5.92 Å². The summed E-state index contributed by atoms with van der Waals surface area (Å²) in [5.41, 5.74) is 1.65. The molecule has 0 aliphatic carbocycles. The zero-order chi connectivity index (χ0) is 21.5. The second kappa shape index (κ2) is 9.91. The van der Waals surface area contributed by atoms with Crippen molar-refractivity contribution in [2.75, 3.05) is 30.5 Å². The summed E-state index contributed by atoms with van der Waals surface area (Å²) < 4.78 is 10.5. The molecular weight excluding hydrogens is 384 g/mol. The number of hydrogen-bond donors (Lipinski definition) is 1. The van der Waals surface area contributed by atoms with E-state index in [-0.39, 0.29) is 30.7 Å². The first-order valence-corrected chi connectivity index (χ1v) is 10.0. The Labute approximate surface area is 176 Å². The van der Waals surface area contributed by atoms with E-state index in [4.69, 9.17) is 9.47 Å². The third-order valence-corrected chi connectivity index (χ3v) is 4.99. The number of benzene rings is 2. The number of ether oxygens (including phenoxy) is 2. The molecule has 3 rings (SSSR count). The van der Waals surface area contributed by atoms with E-state index in [0.717, 1.165) is 12.8 Å². The van der Waals surface area contributed by atoms with Crippen molar-refractivity contribution in [3.63, 3.8) is 0 Å². The summed E-state index contributed by atoms with van der Waals surface area (Å²) in [6, 6.07) is 13.8. The van der Waals surface area contributed by atoms with Crippen LogP contribution in [-0.2, 0) is 14.3 Å². The second-order valence-electron chi connectivity index (χ2n) is 7.13. The topological polar surface area (TPSA) is 84.9 Å². The molecule has 1 saturated heterocycles. The van der Waals surface area contributed by atoms with E-state index >= 15 is 0 Å². The summed E-state index contributed by atoms with van der Waals surface area (Å²) in [7, 11) is 1.55. The molecule has 1 fully saturated rings. The molecule has 0 radical (unpaired) electrons. The number of para-hydroxylation sites is 2. The van der Waals surface area contributed by atoms with Gasteiger partial charge in [-0.15, -0.1) is 0 Å². The minimum Gasteiger partial charge on any atom is -0.495 e. The molecule has 30 heavy (non-hydrogen) atoms. The van der Waals surface area contributed by atoms with Crippen LogP contribution in [0.4, 0.5) is 11.4 Å². The highest BCUT2D eigenvalue weighted by atomic mass is 16.5. The molecule has 2 amide bonds. The number of esters is 1. The highest BCUT2D eigenvalue weighted by Crippen LogP contribution is 2.33. The monoisotopic (exact) mass is 410 g/mol. The van der Waals surface area contributed by atoms with Crippen molar-refractivity contribution in [1.29, 1.82) is 0 Å². The summed E-state index contributed by atoms with van der Waals surface area (Å²) in [6.45, 7) is 2.71. The molecule has 0 saturated carbocycles. The van der Waals surface area contributed by atoms with Gasteiger partial charge in [0.15, 0.2) is 0 Å². The minimum absolute atomic E-state index is 0.121. The lowest BCUT2D eigenvalue weighted by atomic mass is 10.1. The summed E-state index contributed by atoms with van der Waals surface area (Å²) in [5.74, 6) is -0.617. The lowest BCUT2D eigenvalue weighted by Crippen LogP contribution is -2.28. The fraction of sp³-hybridized carbons (Fsp3) is 0.348. The van der Waals surface area contributed by atoms with Crippen molar-refractivity contribution in [2.45, 2.75) is 26.2 Å². The number of methoxy groups -OCH3 is 1. The van der Waals surface area contributed by atoms with Crippen LogP contribution in [0.3, 0.4) is 0 Å². The van der Waals surface area contributed by atoms with Crippen LogP contribution in [0.1, 0.15) is 36.5 Å². The van der Waals surface area contributed by atoms with Crippen LogP contribution >= 0.6 is 0 Å². The third-order valence-electron chi connectivity index (χ3n) is 4.99. The normalized spacial score (nSPS) is 15.7. The van der Waals surface area contributed by atoms with E-state index in [1.807, 2.05) is 19.1 Å². The van der Waals surface area contributed by atoms with Crippen molar-refractivity contribution >= 4 is 29.2 Å². The maximum Gasteiger partial charge on any atom is 0.338 e. The number of nitrogens with one attached hydrogen (secondary N) is 1. The Kier molecular flexibility index (Phi) is 7.06. The first kappa shape index (κ1) is 21.4. The Hall–Kier alpha value is -3.35. The van der Waals surface area contributed by atoms with Gasteiger partial charge in [-0.3, -0.25) is 9.59 Å². The van der Waals surface area contributed by atoms with Gasteiger partial charge in [0.05, 0.1) is 30.9 Å². The maximum atomic E-state index is 12.7. The predicted molar refractivity (Wildman–Crippen MR) is 114 cm³/mol. The van der Waals surface area contributed by atoms with Gasteiger partial charge in [-0.1, -0.05) is 25.5 Å². The number of carbonyl (C=O) groups excluding carboxylic acids is 3. The van der Waals surface area contributed by atoms with Gasteiger partial charge in [0, 0.05) is 18.7 Å². The van der Waals surface area contributed by atoms with Crippen molar-refractivity contribution in [2.24, 2.45) is 5.92 Å². The minimum atomic E-state index is -0.471.